The van der Waals surface area contributed by atoms with Crippen molar-refractivity contribution >= 4 is 27.5 Å². The number of carbonyl (C=O) groups is 1. The van der Waals surface area contributed by atoms with E-state index in [2.05, 4.69) is 26.1 Å². The number of rotatable bonds is 2. The number of nitrogens with zero attached hydrogens (tertiary/aromatic N) is 2. The molecule has 1 aliphatic rings. The molecule has 4 nitrogen and oxygen atoms in total. The first-order valence-electron chi connectivity index (χ1n) is 4.16. The Morgan fingerprint density at radius 2 is 2.62 bits per heavy atom. The number of carbonyl (C=O) groups excluding carboxylic acids is 1. The molecule has 1 aromatic rings. The third kappa shape index (κ3) is 1.60. The molecule has 0 aliphatic carbocycles. The average Bonchev–Trinajstić information content (AvgIpc) is 2.72. The molecule has 1 aromatic heterocycles. The van der Waals surface area contributed by atoms with E-state index in [1.54, 1.807) is 17.3 Å². The first kappa shape index (κ1) is 8.74. The molecule has 70 valence electrons. The second kappa shape index (κ2) is 3.49. The number of nitrogens with one attached hydrogen (secondary N) is 1. The van der Waals surface area contributed by atoms with E-state index in [4.69, 9.17) is 0 Å². The minimum Gasteiger partial charge on any atom is -0.309 e. The Labute approximate surface area is 84.4 Å². The highest BCUT2D eigenvalue weighted by Crippen LogP contribution is 2.24. The van der Waals surface area contributed by atoms with Crippen LogP contribution in [-0.2, 0) is 4.79 Å². The van der Waals surface area contributed by atoms with E-state index in [-0.39, 0.29) is 5.91 Å². The maximum atomic E-state index is 11.5. The molecular weight excluding hydrogens is 234 g/mol. The van der Waals surface area contributed by atoms with Crippen molar-refractivity contribution in [3.8, 4) is 0 Å². The Hall–Kier alpha value is -0.840. The standard InChI is InChI=1S/C8H10BrN3O/c9-2-6-1-8(13)12(5-6)7-3-10-11-4-7/h3-4,6H,1-2,5H2,(H,10,11). The Balaban J connectivity index is 2.14. The second-order valence-corrected chi connectivity index (χ2v) is 3.83. The molecule has 1 fully saturated rings. The summed E-state index contributed by atoms with van der Waals surface area (Å²) in [4.78, 5) is 13.3. The van der Waals surface area contributed by atoms with Crippen molar-refractivity contribution in [2.75, 3.05) is 16.8 Å². The summed E-state index contributed by atoms with van der Waals surface area (Å²) in [6.45, 7) is 0.795. The highest BCUT2D eigenvalue weighted by atomic mass is 79.9. The third-order valence-electron chi connectivity index (χ3n) is 2.22. The normalized spacial score (nSPS) is 22.7. The lowest BCUT2D eigenvalue weighted by atomic mass is 10.2. The minimum absolute atomic E-state index is 0.186. The first-order valence-corrected chi connectivity index (χ1v) is 5.28. The van der Waals surface area contributed by atoms with E-state index in [0.717, 1.165) is 17.6 Å². The molecule has 0 aromatic carbocycles. The van der Waals surface area contributed by atoms with Crippen molar-refractivity contribution in [3.63, 3.8) is 0 Å². The molecule has 1 aliphatic heterocycles. The monoisotopic (exact) mass is 243 g/mol. The number of hydrogen-bond donors (Lipinski definition) is 1. The molecule has 0 radical (unpaired) electrons. The molecule has 13 heavy (non-hydrogen) atoms. The van der Waals surface area contributed by atoms with Crippen LogP contribution in [0.2, 0.25) is 0 Å². The van der Waals surface area contributed by atoms with Crippen molar-refractivity contribution in [2.24, 2.45) is 5.92 Å². The van der Waals surface area contributed by atoms with Crippen LogP contribution in [0.15, 0.2) is 12.4 Å². The minimum atomic E-state index is 0.186. The number of halogens is 1. The average molecular weight is 244 g/mol. The summed E-state index contributed by atoms with van der Waals surface area (Å²) in [5, 5.41) is 7.41. The van der Waals surface area contributed by atoms with Crippen LogP contribution in [0.4, 0.5) is 5.69 Å². The summed E-state index contributed by atoms with van der Waals surface area (Å²) in [6.07, 6.45) is 4.06. The Morgan fingerprint density at radius 1 is 1.77 bits per heavy atom. The van der Waals surface area contributed by atoms with Gasteiger partial charge < -0.3 is 4.90 Å². The van der Waals surface area contributed by atoms with E-state index in [0.29, 0.717) is 12.3 Å². The van der Waals surface area contributed by atoms with Gasteiger partial charge in [0.15, 0.2) is 0 Å². The fourth-order valence-corrected chi connectivity index (χ4v) is 1.96. The van der Waals surface area contributed by atoms with Crippen LogP contribution in [0.25, 0.3) is 0 Å². The van der Waals surface area contributed by atoms with Gasteiger partial charge >= 0.3 is 0 Å². The fourth-order valence-electron chi connectivity index (χ4n) is 1.53. The molecular formula is C8H10BrN3O. The lowest BCUT2D eigenvalue weighted by Gasteiger charge is -2.12. The molecule has 1 N–H and O–H groups in total. The smallest absolute Gasteiger partial charge is 0.227 e. The molecule has 1 unspecified atom stereocenters. The van der Waals surface area contributed by atoms with Gasteiger partial charge in [-0.1, -0.05) is 15.9 Å². The predicted octanol–water partition coefficient (Wildman–Crippen LogP) is 1.16. The third-order valence-corrected chi connectivity index (χ3v) is 3.13. The van der Waals surface area contributed by atoms with Gasteiger partial charge in [0.1, 0.15) is 0 Å². The fraction of sp³-hybridized carbons (Fsp3) is 0.500. The molecule has 0 bridgehead atoms. The summed E-state index contributed by atoms with van der Waals surface area (Å²) >= 11 is 3.39. The molecule has 0 saturated carbocycles. The van der Waals surface area contributed by atoms with E-state index in [1.165, 1.54) is 0 Å². The van der Waals surface area contributed by atoms with Gasteiger partial charge in [-0.15, -0.1) is 0 Å². The highest BCUT2D eigenvalue weighted by molar-refractivity contribution is 9.09. The maximum Gasteiger partial charge on any atom is 0.227 e. The molecule has 2 heterocycles. The summed E-state index contributed by atoms with van der Waals surface area (Å²) in [7, 11) is 0. The van der Waals surface area contributed by atoms with Gasteiger partial charge in [-0.25, -0.2) is 0 Å². The summed E-state index contributed by atoms with van der Waals surface area (Å²) in [5.74, 6) is 0.619. The van der Waals surface area contributed by atoms with Gasteiger partial charge in [-0.2, -0.15) is 5.10 Å². The lowest BCUT2D eigenvalue weighted by molar-refractivity contribution is -0.117. The van der Waals surface area contributed by atoms with Crippen LogP contribution in [0.1, 0.15) is 6.42 Å². The molecule has 2 rings (SSSR count). The van der Waals surface area contributed by atoms with Crippen LogP contribution in [0, 0.1) is 5.92 Å². The summed E-state index contributed by atoms with van der Waals surface area (Å²) < 4.78 is 0. The first-order chi connectivity index (χ1) is 6.31. The summed E-state index contributed by atoms with van der Waals surface area (Å²) in [6, 6.07) is 0. The van der Waals surface area contributed by atoms with Crippen molar-refractivity contribution in [1.29, 1.82) is 0 Å². The van der Waals surface area contributed by atoms with Gasteiger partial charge in [0, 0.05) is 24.5 Å². The second-order valence-electron chi connectivity index (χ2n) is 3.19. The topological polar surface area (TPSA) is 49.0 Å². The predicted molar refractivity (Wildman–Crippen MR) is 52.8 cm³/mol. The zero-order chi connectivity index (χ0) is 9.26. The van der Waals surface area contributed by atoms with Crippen molar-refractivity contribution in [2.45, 2.75) is 6.42 Å². The van der Waals surface area contributed by atoms with E-state index < -0.39 is 0 Å². The Kier molecular flexibility index (Phi) is 2.35. The number of anilines is 1. The van der Waals surface area contributed by atoms with E-state index >= 15 is 0 Å². The quantitative estimate of drug-likeness (QED) is 0.793. The largest absolute Gasteiger partial charge is 0.309 e. The zero-order valence-electron chi connectivity index (χ0n) is 7.03. The highest BCUT2D eigenvalue weighted by Gasteiger charge is 2.29. The molecule has 5 heteroatoms. The van der Waals surface area contributed by atoms with Crippen LogP contribution in [0.5, 0.6) is 0 Å². The van der Waals surface area contributed by atoms with Gasteiger partial charge in [-0.3, -0.25) is 9.89 Å². The number of hydrogen-bond acceptors (Lipinski definition) is 2. The maximum absolute atomic E-state index is 11.5. The van der Waals surface area contributed by atoms with Crippen LogP contribution in [0.3, 0.4) is 0 Å². The van der Waals surface area contributed by atoms with Gasteiger partial charge in [0.05, 0.1) is 11.9 Å². The number of aromatic amines is 1. The zero-order valence-corrected chi connectivity index (χ0v) is 8.62. The van der Waals surface area contributed by atoms with E-state index in [9.17, 15) is 4.79 Å². The van der Waals surface area contributed by atoms with Crippen molar-refractivity contribution in [1.82, 2.24) is 10.2 Å². The molecule has 1 atom stereocenters. The Bertz CT molecular complexity index is 298. The van der Waals surface area contributed by atoms with E-state index in [1.807, 2.05) is 0 Å². The number of alkyl halides is 1. The van der Waals surface area contributed by atoms with Gasteiger partial charge in [-0.05, 0) is 5.92 Å². The van der Waals surface area contributed by atoms with Crippen LogP contribution in [-0.4, -0.2) is 28.0 Å². The SMILES string of the molecule is O=C1CC(CBr)CN1c1cn[nH]c1. The Morgan fingerprint density at radius 3 is 3.15 bits per heavy atom. The molecule has 1 saturated heterocycles. The van der Waals surface area contributed by atoms with Gasteiger partial charge in [0.25, 0.3) is 0 Å². The van der Waals surface area contributed by atoms with Crippen LogP contribution >= 0.6 is 15.9 Å². The number of amides is 1. The van der Waals surface area contributed by atoms with Crippen molar-refractivity contribution in [3.05, 3.63) is 12.4 Å². The number of H-pyrrole nitrogens is 1. The molecule has 0 spiro atoms. The molecule has 1 amide bonds. The van der Waals surface area contributed by atoms with Crippen LogP contribution < -0.4 is 4.90 Å². The number of aromatic nitrogens is 2. The lowest BCUT2D eigenvalue weighted by Crippen LogP contribution is -2.24. The van der Waals surface area contributed by atoms with Crippen molar-refractivity contribution < 1.29 is 4.79 Å². The van der Waals surface area contributed by atoms with Gasteiger partial charge in [0.2, 0.25) is 5.91 Å². The summed E-state index contributed by atoms with van der Waals surface area (Å²) in [5.41, 5.74) is 0.869.